The first-order valence-corrected chi connectivity index (χ1v) is 8.36. The molecule has 0 spiro atoms. The third kappa shape index (κ3) is 5.20. The van der Waals surface area contributed by atoms with Gasteiger partial charge in [0.25, 0.3) is 0 Å². The Labute approximate surface area is 148 Å². The normalized spacial score (nSPS) is 12.9. The number of nitrogens with two attached hydrogens (primary N) is 1. The van der Waals surface area contributed by atoms with Gasteiger partial charge in [-0.15, -0.1) is 0 Å². The second-order valence-corrected chi connectivity index (χ2v) is 6.97. The molecule has 24 heavy (non-hydrogen) atoms. The minimum Gasteiger partial charge on any atom is -0.494 e. The molecule has 1 unspecified atom stereocenters. The molecule has 0 aliphatic rings. The molecule has 2 N–H and O–H groups in total. The average Bonchev–Trinajstić information content (AvgIpc) is 2.57. The van der Waals surface area contributed by atoms with E-state index in [0.717, 1.165) is 11.1 Å². The molecule has 0 amide bonds. The van der Waals surface area contributed by atoms with E-state index >= 15 is 0 Å². The number of nitrogens with zero attached hydrogens (tertiary/aromatic N) is 1. The Morgan fingerprint density at radius 2 is 1.92 bits per heavy atom. The van der Waals surface area contributed by atoms with Crippen LogP contribution in [0.15, 0.2) is 42.6 Å². The molecule has 1 aromatic carbocycles. The van der Waals surface area contributed by atoms with Gasteiger partial charge >= 0.3 is 0 Å². The second-order valence-electron chi connectivity index (χ2n) is 6.61. The van der Waals surface area contributed by atoms with E-state index in [1.165, 1.54) is 0 Å². The minimum absolute atomic E-state index is 0.0686. The van der Waals surface area contributed by atoms with Crippen LogP contribution in [0.3, 0.4) is 0 Å². The maximum absolute atomic E-state index is 6.41. The quantitative estimate of drug-likeness (QED) is 0.736. The molecule has 0 radical (unpaired) electrons. The molecule has 4 nitrogen and oxygen atoms in total. The summed E-state index contributed by atoms with van der Waals surface area (Å²) in [5.41, 5.74) is 8.41. The minimum atomic E-state index is -0.165. The molecule has 1 atom stereocenters. The maximum atomic E-state index is 6.41. The van der Waals surface area contributed by atoms with E-state index in [-0.39, 0.29) is 11.5 Å². The first kappa shape index (κ1) is 18.7. The summed E-state index contributed by atoms with van der Waals surface area (Å²) in [5, 5.41) is 0.361. The van der Waals surface area contributed by atoms with Gasteiger partial charge in [-0.1, -0.05) is 55.8 Å². The Bertz CT molecular complexity index is 647. The summed E-state index contributed by atoms with van der Waals surface area (Å²) in [5.74, 6) is 0.569. The number of methoxy groups -OCH3 is 1. The standard InChI is InChI=1S/C19H25ClN2O2/c1-19(2,13-24-12-14-7-5-4-6-8-14)17(21)10-15-9-16(23-3)18(20)22-11-15/h4-9,11,17H,10,12-13,21H2,1-3H3. The molecule has 1 heterocycles. The Kier molecular flexibility index (Phi) is 6.60. The van der Waals surface area contributed by atoms with E-state index in [4.69, 9.17) is 26.8 Å². The smallest absolute Gasteiger partial charge is 0.171 e. The zero-order valence-corrected chi connectivity index (χ0v) is 15.2. The van der Waals surface area contributed by atoms with E-state index in [0.29, 0.717) is 30.5 Å². The van der Waals surface area contributed by atoms with Crippen molar-refractivity contribution in [3.8, 4) is 5.75 Å². The van der Waals surface area contributed by atoms with Gasteiger partial charge in [0.15, 0.2) is 10.9 Å². The van der Waals surface area contributed by atoms with Crippen molar-refractivity contribution in [2.75, 3.05) is 13.7 Å². The molecule has 0 bridgehead atoms. The fourth-order valence-corrected chi connectivity index (χ4v) is 2.55. The highest BCUT2D eigenvalue weighted by atomic mass is 35.5. The fourth-order valence-electron chi connectivity index (χ4n) is 2.37. The molecule has 1 aromatic heterocycles. The average molecular weight is 349 g/mol. The lowest BCUT2D eigenvalue weighted by molar-refractivity contribution is 0.0383. The Balaban J connectivity index is 1.90. The lowest BCUT2D eigenvalue weighted by atomic mass is 9.82. The van der Waals surface area contributed by atoms with E-state index in [1.54, 1.807) is 13.3 Å². The van der Waals surface area contributed by atoms with Crippen molar-refractivity contribution in [2.24, 2.45) is 11.1 Å². The monoisotopic (exact) mass is 348 g/mol. The van der Waals surface area contributed by atoms with Crippen molar-refractivity contribution < 1.29 is 9.47 Å². The van der Waals surface area contributed by atoms with Gasteiger partial charge in [-0.05, 0) is 23.6 Å². The van der Waals surface area contributed by atoms with Crippen molar-refractivity contribution in [1.29, 1.82) is 0 Å². The zero-order chi connectivity index (χ0) is 17.6. The fraction of sp³-hybridized carbons (Fsp3) is 0.421. The maximum Gasteiger partial charge on any atom is 0.171 e. The molecule has 0 saturated carbocycles. The summed E-state index contributed by atoms with van der Waals surface area (Å²) < 4.78 is 11.1. The molecular weight excluding hydrogens is 324 g/mol. The Hall–Kier alpha value is -1.62. The molecular formula is C19H25ClN2O2. The number of rotatable bonds is 8. The third-order valence-corrected chi connectivity index (χ3v) is 4.41. The van der Waals surface area contributed by atoms with Crippen LogP contribution < -0.4 is 10.5 Å². The van der Waals surface area contributed by atoms with Gasteiger partial charge in [0.05, 0.1) is 20.3 Å². The predicted octanol–water partition coefficient (Wildman–Crippen LogP) is 3.86. The molecule has 130 valence electrons. The lowest BCUT2D eigenvalue weighted by Gasteiger charge is -2.31. The van der Waals surface area contributed by atoms with Crippen molar-refractivity contribution in [3.05, 3.63) is 58.9 Å². The number of halogens is 1. The largest absolute Gasteiger partial charge is 0.494 e. The molecule has 5 heteroatoms. The van der Waals surface area contributed by atoms with Gasteiger partial charge in [0, 0.05) is 17.7 Å². The SMILES string of the molecule is COc1cc(CC(N)C(C)(C)COCc2ccccc2)cnc1Cl. The Morgan fingerprint density at radius 3 is 2.58 bits per heavy atom. The lowest BCUT2D eigenvalue weighted by Crippen LogP contribution is -2.42. The summed E-state index contributed by atoms with van der Waals surface area (Å²) in [4.78, 5) is 4.14. The third-order valence-electron chi connectivity index (χ3n) is 4.13. The summed E-state index contributed by atoms with van der Waals surface area (Å²) in [6.07, 6.45) is 2.42. The molecule has 0 fully saturated rings. The summed E-state index contributed by atoms with van der Waals surface area (Å²) >= 11 is 5.96. The van der Waals surface area contributed by atoms with Gasteiger partial charge < -0.3 is 15.2 Å². The van der Waals surface area contributed by atoms with Crippen molar-refractivity contribution in [1.82, 2.24) is 4.98 Å². The highest BCUT2D eigenvalue weighted by Gasteiger charge is 2.27. The number of pyridine rings is 1. The Morgan fingerprint density at radius 1 is 1.21 bits per heavy atom. The molecule has 0 aliphatic heterocycles. The predicted molar refractivity (Wildman–Crippen MR) is 97.4 cm³/mol. The van der Waals surface area contributed by atoms with Crippen LogP contribution in [0.25, 0.3) is 0 Å². The van der Waals surface area contributed by atoms with E-state index < -0.39 is 0 Å². The van der Waals surface area contributed by atoms with Gasteiger partial charge in [-0.2, -0.15) is 0 Å². The number of ether oxygens (including phenoxy) is 2. The van der Waals surface area contributed by atoms with E-state index in [2.05, 4.69) is 31.0 Å². The van der Waals surface area contributed by atoms with Gasteiger partial charge in [-0.25, -0.2) is 4.98 Å². The number of hydrogen-bond donors (Lipinski definition) is 1. The van der Waals surface area contributed by atoms with Gasteiger partial charge in [0.1, 0.15) is 0 Å². The first-order chi connectivity index (χ1) is 11.4. The van der Waals surface area contributed by atoms with Crippen molar-refractivity contribution in [2.45, 2.75) is 32.9 Å². The van der Waals surface area contributed by atoms with Crippen LogP contribution >= 0.6 is 11.6 Å². The molecule has 0 aliphatic carbocycles. The van der Waals surface area contributed by atoms with E-state index in [9.17, 15) is 0 Å². The van der Waals surface area contributed by atoms with Crippen LogP contribution in [-0.2, 0) is 17.8 Å². The van der Waals surface area contributed by atoms with Crippen LogP contribution in [0.4, 0.5) is 0 Å². The van der Waals surface area contributed by atoms with Crippen molar-refractivity contribution >= 4 is 11.6 Å². The van der Waals surface area contributed by atoms with Crippen LogP contribution in [0.2, 0.25) is 5.15 Å². The number of aromatic nitrogens is 1. The molecule has 0 saturated heterocycles. The van der Waals surface area contributed by atoms with Gasteiger partial charge in [-0.3, -0.25) is 0 Å². The number of benzene rings is 1. The van der Waals surface area contributed by atoms with Crippen LogP contribution in [-0.4, -0.2) is 24.7 Å². The van der Waals surface area contributed by atoms with Crippen LogP contribution in [0.1, 0.15) is 25.0 Å². The highest BCUT2D eigenvalue weighted by Crippen LogP contribution is 2.26. The summed E-state index contributed by atoms with van der Waals surface area (Å²) in [7, 11) is 1.58. The summed E-state index contributed by atoms with van der Waals surface area (Å²) in [6.45, 7) is 5.40. The highest BCUT2D eigenvalue weighted by molar-refractivity contribution is 6.30. The molecule has 2 rings (SSSR count). The van der Waals surface area contributed by atoms with Crippen molar-refractivity contribution in [3.63, 3.8) is 0 Å². The molecule has 2 aromatic rings. The zero-order valence-electron chi connectivity index (χ0n) is 14.5. The van der Waals surface area contributed by atoms with Crippen LogP contribution in [0, 0.1) is 5.41 Å². The van der Waals surface area contributed by atoms with Crippen LogP contribution in [0.5, 0.6) is 5.75 Å². The topological polar surface area (TPSA) is 57.4 Å². The summed E-state index contributed by atoms with van der Waals surface area (Å²) in [6, 6.07) is 11.9. The second kappa shape index (κ2) is 8.47. The van der Waals surface area contributed by atoms with Gasteiger partial charge in [0.2, 0.25) is 0 Å². The number of hydrogen-bond acceptors (Lipinski definition) is 4. The first-order valence-electron chi connectivity index (χ1n) is 7.98. The van der Waals surface area contributed by atoms with E-state index in [1.807, 2.05) is 24.3 Å².